The monoisotopic (exact) mass is 331 g/mol. The summed E-state index contributed by atoms with van der Waals surface area (Å²) in [6.45, 7) is 1.75. The van der Waals surface area contributed by atoms with Crippen LogP contribution in [0.25, 0.3) is 22.2 Å². The van der Waals surface area contributed by atoms with E-state index in [0.717, 1.165) is 11.1 Å². The Kier molecular flexibility index (Phi) is 4.21. The molecule has 1 heterocycles. The number of fused-ring (bicyclic) bond motifs is 1. The van der Waals surface area contributed by atoms with Crippen LogP contribution in [-0.2, 0) is 16.1 Å². The molecule has 3 aromatic rings. The minimum absolute atomic E-state index is 0.208. The second kappa shape index (κ2) is 6.30. The molecule has 0 saturated carbocycles. The number of benzene rings is 2. The lowest BCUT2D eigenvalue weighted by Gasteiger charge is -2.06. The van der Waals surface area contributed by atoms with E-state index in [-0.39, 0.29) is 13.2 Å². The number of nitrogens with zero attached hydrogens (tertiary/aromatic N) is 1. The molecule has 3 rings (SSSR count). The fraction of sp³-hybridized carbons (Fsp3) is 0.176. The number of rotatable bonds is 4. The van der Waals surface area contributed by atoms with Crippen LogP contribution in [0.2, 0.25) is 5.02 Å². The largest absolute Gasteiger partial charge is 0.465 e. The van der Waals surface area contributed by atoms with Crippen molar-refractivity contribution in [2.75, 3.05) is 6.61 Å². The van der Waals surface area contributed by atoms with Gasteiger partial charge in [-0.2, -0.15) is 0 Å². The van der Waals surface area contributed by atoms with Gasteiger partial charge in [-0.15, -0.1) is 0 Å². The third kappa shape index (κ3) is 3.00. The lowest BCUT2D eigenvalue weighted by molar-refractivity contribution is -0.143. The van der Waals surface area contributed by atoms with Crippen LogP contribution in [0.3, 0.4) is 0 Å². The first-order chi connectivity index (χ1) is 11.1. The second-order valence-electron chi connectivity index (χ2n) is 4.92. The quantitative estimate of drug-likeness (QED) is 0.687. The number of carbonyl (C=O) groups is 1. The number of esters is 1. The van der Waals surface area contributed by atoms with Crippen LogP contribution in [0.1, 0.15) is 6.92 Å². The first kappa shape index (κ1) is 15.4. The number of oxazole rings is 1. The first-order valence-electron chi connectivity index (χ1n) is 7.14. The van der Waals surface area contributed by atoms with E-state index in [1.165, 1.54) is 4.57 Å². The van der Waals surface area contributed by atoms with Gasteiger partial charge >= 0.3 is 11.7 Å². The Hall–Kier alpha value is -2.53. The number of hydrogen-bond donors (Lipinski definition) is 0. The second-order valence-corrected chi connectivity index (χ2v) is 5.33. The molecule has 0 unspecified atom stereocenters. The number of aromatic nitrogens is 1. The fourth-order valence-electron chi connectivity index (χ4n) is 2.41. The fourth-order valence-corrected chi connectivity index (χ4v) is 2.67. The minimum atomic E-state index is -0.616. The standard InChI is InChI=1S/C17H14ClNO4/c1-2-22-16(20)10-19-14-9-13(18)12(8-15(14)23-17(19)21)11-6-4-3-5-7-11/h3-9H,2,10H2,1H3. The maximum atomic E-state index is 12.0. The summed E-state index contributed by atoms with van der Waals surface area (Å²) in [6.07, 6.45) is 0. The molecule has 0 bridgehead atoms. The third-order valence-electron chi connectivity index (χ3n) is 3.43. The Bertz CT molecular complexity index is 911. The number of ether oxygens (including phenoxy) is 1. The van der Waals surface area contributed by atoms with Gasteiger partial charge in [-0.25, -0.2) is 4.79 Å². The molecule has 0 spiro atoms. The maximum absolute atomic E-state index is 12.0. The van der Waals surface area contributed by atoms with E-state index in [4.69, 9.17) is 20.8 Å². The molecule has 0 fully saturated rings. The molecule has 6 heteroatoms. The summed E-state index contributed by atoms with van der Waals surface area (Å²) in [4.78, 5) is 23.6. The number of carbonyl (C=O) groups excluding carboxylic acids is 1. The van der Waals surface area contributed by atoms with E-state index in [0.29, 0.717) is 16.1 Å². The number of halogens is 1. The lowest BCUT2D eigenvalue weighted by Crippen LogP contribution is -2.21. The number of hydrogen-bond acceptors (Lipinski definition) is 4. The molecule has 2 aromatic carbocycles. The highest BCUT2D eigenvalue weighted by atomic mass is 35.5. The highest BCUT2D eigenvalue weighted by Crippen LogP contribution is 2.31. The van der Waals surface area contributed by atoms with Crippen molar-refractivity contribution in [3.05, 3.63) is 58.0 Å². The molecule has 0 aliphatic rings. The van der Waals surface area contributed by atoms with E-state index in [1.54, 1.807) is 19.1 Å². The Morgan fingerprint density at radius 1 is 1.26 bits per heavy atom. The molecule has 118 valence electrons. The summed E-state index contributed by atoms with van der Waals surface area (Å²) in [5.41, 5.74) is 2.52. The van der Waals surface area contributed by atoms with Crippen molar-refractivity contribution in [3.63, 3.8) is 0 Å². The maximum Gasteiger partial charge on any atom is 0.420 e. The molecule has 23 heavy (non-hydrogen) atoms. The van der Waals surface area contributed by atoms with E-state index in [2.05, 4.69) is 0 Å². The molecule has 0 aliphatic heterocycles. The summed E-state index contributed by atoms with van der Waals surface area (Å²) in [5, 5.41) is 0.474. The lowest BCUT2D eigenvalue weighted by atomic mass is 10.1. The zero-order valence-corrected chi connectivity index (χ0v) is 13.2. The first-order valence-corrected chi connectivity index (χ1v) is 7.52. The van der Waals surface area contributed by atoms with Crippen molar-refractivity contribution < 1.29 is 13.9 Å². The Morgan fingerprint density at radius 2 is 2.00 bits per heavy atom. The molecule has 1 aromatic heterocycles. The molecule has 0 saturated heterocycles. The molecular weight excluding hydrogens is 318 g/mol. The van der Waals surface area contributed by atoms with Crippen LogP contribution >= 0.6 is 11.6 Å². The topological polar surface area (TPSA) is 61.4 Å². The molecule has 5 nitrogen and oxygen atoms in total. The van der Waals surface area contributed by atoms with Crippen LogP contribution < -0.4 is 5.76 Å². The van der Waals surface area contributed by atoms with E-state index >= 15 is 0 Å². The van der Waals surface area contributed by atoms with Crippen molar-refractivity contribution in [1.82, 2.24) is 4.57 Å². The van der Waals surface area contributed by atoms with Gasteiger partial charge in [-0.3, -0.25) is 9.36 Å². The summed E-state index contributed by atoms with van der Waals surface area (Å²) >= 11 is 6.34. The predicted molar refractivity (Wildman–Crippen MR) is 87.6 cm³/mol. The Labute approximate surface area is 137 Å². The van der Waals surface area contributed by atoms with E-state index < -0.39 is 11.7 Å². The van der Waals surface area contributed by atoms with Crippen molar-refractivity contribution in [3.8, 4) is 11.1 Å². The zero-order chi connectivity index (χ0) is 16.4. The summed E-state index contributed by atoms with van der Waals surface area (Å²) in [6, 6.07) is 12.9. The van der Waals surface area contributed by atoms with Gasteiger partial charge in [0.05, 0.1) is 17.1 Å². The van der Waals surface area contributed by atoms with Gasteiger partial charge in [-0.1, -0.05) is 41.9 Å². The van der Waals surface area contributed by atoms with Crippen LogP contribution in [0.15, 0.2) is 51.7 Å². The summed E-state index contributed by atoms with van der Waals surface area (Å²) in [7, 11) is 0. The van der Waals surface area contributed by atoms with Crippen LogP contribution in [0.5, 0.6) is 0 Å². The average molecular weight is 332 g/mol. The average Bonchev–Trinajstić information content (AvgIpc) is 2.83. The van der Waals surface area contributed by atoms with Gasteiger partial charge < -0.3 is 9.15 Å². The smallest absolute Gasteiger partial charge is 0.420 e. The van der Waals surface area contributed by atoms with E-state index in [1.807, 2.05) is 30.3 Å². The molecule has 0 aliphatic carbocycles. The highest BCUT2D eigenvalue weighted by Gasteiger charge is 2.16. The van der Waals surface area contributed by atoms with Gasteiger partial charge in [0.1, 0.15) is 6.54 Å². The van der Waals surface area contributed by atoms with Gasteiger partial charge in [0.2, 0.25) is 0 Å². The molecule has 0 amide bonds. The van der Waals surface area contributed by atoms with E-state index in [9.17, 15) is 9.59 Å². The Morgan fingerprint density at radius 3 is 2.70 bits per heavy atom. The van der Waals surface area contributed by atoms with Crippen LogP contribution in [0, 0.1) is 0 Å². The molecule has 0 N–H and O–H groups in total. The zero-order valence-electron chi connectivity index (χ0n) is 12.4. The van der Waals surface area contributed by atoms with Crippen molar-refractivity contribution in [1.29, 1.82) is 0 Å². The Balaban J connectivity index is 2.09. The minimum Gasteiger partial charge on any atom is -0.465 e. The van der Waals surface area contributed by atoms with Crippen molar-refractivity contribution in [2.45, 2.75) is 13.5 Å². The van der Waals surface area contributed by atoms with Gasteiger partial charge in [0.25, 0.3) is 0 Å². The summed E-state index contributed by atoms with van der Waals surface area (Å²) < 4.78 is 11.3. The SMILES string of the molecule is CCOC(=O)Cn1c(=O)oc2cc(-c3ccccc3)c(Cl)cc21. The van der Waals surface area contributed by atoms with Gasteiger partial charge in [0, 0.05) is 5.56 Å². The van der Waals surface area contributed by atoms with Crippen LogP contribution in [-0.4, -0.2) is 17.1 Å². The predicted octanol–water partition coefficient (Wildman–Crippen LogP) is 3.48. The van der Waals surface area contributed by atoms with Gasteiger partial charge in [0.15, 0.2) is 5.58 Å². The van der Waals surface area contributed by atoms with Crippen molar-refractivity contribution in [2.24, 2.45) is 0 Å². The molecule has 0 atom stereocenters. The molecule has 0 radical (unpaired) electrons. The molecular formula is C17H14ClNO4. The summed E-state index contributed by atoms with van der Waals surface area (Å²) in [5.74, 6) is -1.12. The van der Waals surface area contributed by atoms with Crippen molar-refractivity contribution >= 4 is 28.7 Å². The highest BCUT2D eigenvalue weighted by molar-refractivity contribution is 6.34. The van der Waals surface area contributed by atoms with Crippen LogP contribution in [0.4, 0.5) is 0 Å². The van der Waals surface area contributed by atoms with Gasteiger partial charge in [-0.05, 0) is 24.6 Å². The normalized spacial score (nSPS) is 10.9. The third-order valence-corrected chi connectivity index (χ3v) is 3.75.